The van der Waals surface area contributed by atoms with Gasteiger partial charge in [-0.3, -0.25) is 0 Å². The summed E-state index contributed by atoms with van der Waals surface area (Å²) in [6.07, 6.45) is -1.29. The predicted molar refractivity (Wildman–Crippen MR) is 54.7 cm³/mol. The van der Waals surface area contributed by atoms with E-state index < -0.39 is 11.9 Å². The number of aliphatic hydroxyl groups is 1. The van der Waals surface area contributed by atoms with Crippen molar-refractivity contribution >= 4 is 0 Å². The van der Waals surface area contributed by atoms with Crippen LogP contribution in [0, 0.1) is 17.1 Å². The summed E-state index contributed by atoms with van der Waals surface area (Å²) >= 11 is 0. The second kappa shape index (κ2) is 5.33. The Hall–Kier alpha value is -1.80. The molecule has 0 aliphatic rings. The lowest BCUT2D eigenvalue weighted by atomic mass is 10.0. The summed E-state index contributed by atoms with van der Waals surface area (Å²) in [5, 5.41) is 18.2. The minimum absolute atomic E-state index is 0.0953. The van der Waals surface area contributed by atoms with Crippen LogP contribution in [0.2, 0.25) is 0 Å². The van der Waals surface area contributed by atoms with E-state index in [-0.39, 0.29) is 17.7 Å². The molecule has 0 aromatic heterocycles. The first-order valence-corrected chi connectivity index (χ1v) is 4.61. The van der Waals surface area contributed by atoms with Crippen molar-refractivity contribution in [2.24, 2.45) is 0 Å². The molecule has 0 radical (unpaired) electrons. The molecular weight excluding hydrogens is 213 g/mol. The van der Waals surface area contributed by atoms with Crippen LogP contribution in [0.1, 0.15) is 18.1 Å². The van der Waals surface area contributed by atoms with Crippen LogP contribution < -0.4 is 9.47 Å². The Morgan fingerprint density at radius 2 is 2.12 bits per heavy atom. The number of halogens is 1. The molecule has 1 N–H and O–H groups in total. The number of hydrogen-bond acceptors (Lipinski definition) is 4. The number of nitrogens with zero attached hydrogens (tertiary/aromatic N) is 1. The molecule has 1 unspecified atom stereocenters. The van der Waals surface area contributed by atoms with Crippen LogP contribution in [0.25, 0.3) is 0 Å². The zero-order valence-corrected chi connectivity index (χ0v) is 9.03. The monoisotopic (exact) mass is 225 g/mol. The molecule has 0 saturated heterocycles. The fourth-order valence-electron chi connectivity index (χ4n) is 1.44. The van der Waals surface area contributed by atoms with E-state index in [0.717, 1.165) is 0 Å². The molecule has 0 bridgehead atoms. The fraction of sp³-hybridized carbons (Fsp3) is 0.364. The standard InChI is InChI=1S/C11H12FNO3/c1-15-9-4-3-7(12)11(16-2)10(9)8(14)5-6-13/h3-4,8,14H,5H2,1-2H3. The highest BCUT2D eigenvalue weighted by atomic mass is 19.1. The highest BCUT2D eigenvalue weighted by Gasteiger charge is 2.21. The average molecular weight is 225 g/mol. The third-order valence-electron chi connectivity index (χ3n) is 2.15. The van der Waals surface area contributed by atoms with Crippen molar-refractivity contribution in [2.75, 3.05) is 14.2 Å². The summed E-state index contributed by atoms with van der Waals surface area (Å²) in [5.74, 6) is -0.404. The van der Waals surface area contributed by atoms with Gasteiger partial charge in [-0.25, -0.2) is 4.39 Å². The molecule has 1 aromatic carbocycles. The van der Waals surface area contributed by atoms with Crippen LogP contribution in [-0.2, 0) is 0 Å². The number of nitriles is 1. The van der Waals surface area contributed by atoms with Gasteiger partial charge in [0.2, 0.25) is 0 Å². The maximum Gasteiger partial charge on any atom is 0.165 e. The normalized spacial score (nSPS) is 11.7. The summed E-state index contributed by atoms with van der Waals surface area (Å²) in [7, 11) is 2.69. The zero-order valence-electron chi connectivity index (χ0n) is 9.03. The van der Waals surface area contributed by atoms with Gasteiger partial charge in [-0.05, 0) is 12.1 Å². The number of aliphatic hydroxyl groups excluding tert-OH is 1. The molecular formula is C11H12FNO3. The molecule has 16 heavy (non-hydrogen) atoms. The molecule has 0 fully saturated rings. The van der Waals surface area contributed by atoms with E-state index >= 15 is 0 Å². The largest absolute Gasteiger partial charge is 0.496 e. The first-order chi connectivity index (χ1) is 7.65. The topological polar surface area (TPSA) is 62.5 Å². The van der Waals surface area contributed by atoms with Gasteiger partial charge in [0.1, 0.15) is 5.75 Å². The second-order valence-corrected chi connectivity index (χ2v) is 3.07. The first kappa shape index (κ1) is 12.3. The second-order valence-electron chi connectivity index (χ2n) is 3.07. The van der Waals surface area contributed by atoms with E-state index in [1.807, 2.05) is 0 Å². The Morgan fingerprint density at radius 1 is 1.44 bits per heavy atom. The lowest BCUT2D eigenvalue weighted by Crippen LogP contribution is -2.04. The fourth-order valence-corrected chi connectivity index (χ4v) is 1.44. The zero-order chi connectivity index (χ0) is 12.1. The molecule has 0 aliphatic heterocycles. The highest BCUT2D eigenvalue weighted by Crippen LogP contribution is 2.37. The van der Waals surface area contributed by atoms with Crippen LogP contribution in [0.5, 0.6) is 11.5 Å². The highest BCUT2D eigenvalue weighted by molar-refractivity contribution is 5.47. The Morgan fingerprint density at radius 3 is 2.62 bits per heavy atom. The molecule has 0 amide bonds. The van der Waals surface area contributed by atoms with Gasteiger partial charge in [0, 0.05) is 0 Å². The van der Waals surface area contributed by atoms with Crippen molar-refractivity contribution in [3.05, 3.63) is 23.5 Å². The molecule has 1 rings (SSSR count). The minimum Gasteiger partial charge on any atom is -0.496 e. The third kappa shape index (κ3) is 2.23. The maximum atomic E-state index is 13.4. The van der Waals surface area contributed by atoms with E-state index in [0.29, 0.717) is 5.75 Å². The molecule has 5 heteroatoms. The van der Waals surface area contributed by atoms with E-state index in [2.05, 4.69) is 0 Å². The van der Waals surface area contributed by atoms with E-state index in [1.165, 1.54) is 26.4 Å². The van der Waals surface area contributed by atoms with Gasteiger partial charge < -0.3 is 14.6 Å². The Bertz CT molecular complexity index is 414. The van der Waals surface area contributed by atoms with Crippen LogP contribution in [-0.4, -0.2) is 19.3 Å². The summed E-state index contributed by atoms with van der Waals surface area (Å²) in [6.45, 7) is 0. The SMILES string of the molecule is COc1ccc(F)c(OC)c1C(O)CC#N. The van der Waals surface area contributed by atoms with Gasteiger partial charge in [-0.1, -0.05) is 0 Å². The van der Waals surface area contributed by atoms with Crippen LogP contribution in [0.4, 0.5) is 4.39 Å². The minimum atomic E-state index is -1.13. The quantitative estimate of drug-likeness (QED) is 0.848. The Kier molecular flexibility index (Phi) is 4.09. The van der Waals surface area contributed by atoms with E-state index in [4.69, 9.17) is 14.7 Å². The molecule has 1 aromatic rings. The van der Waals surface area contributed by atoms with Crippen LogP contribution in [0.3, 0.4) is 0 Å². The van der Waals surface area contributed by atoms with Crippen molar-refractivity contribution in [3.8, 4) is 17.6 Å². The van der Waals surface area contributed by atoms with E-state index in [9.17, 15) is 9.50 Å². The van der Waals surface area contributed by atoms with Gasteiger partial charge in [-0.15, -0.1) is 0 Å². The molecule has 86 valence electrons. The lowest BCUT2D eigenvalue weighted by Gasteiger charge is -2.16. The third-order valence-corrected chi connectivity index (χ3v) is 2.15. The lowest BCUT2D eigenvalue weighted by molar-refractivity contribution is 0.172. The van der Waals surface area contributed by atoms with Crippen molar-refractivity contribution in [3.63, 3.8) is 0 Å². The molecule has 0 spiro atoms. The maximum absolute atomic E-state index is 13.4. The molecule has 0 saturated carbocycles. The molecule has 1 atom stereocenters. The summed E-state index contributed by atoms with van der Waals surface area (Å²) in [5.41, 5.74) is 0.159. The number of ether oxygens (including phenoxy) is 2. The molecule has 0 aliphatic carbocycles. The van der Waals surface area contributed by atoms with Crippen molar-refractivity contribution in [2.45, 2.75) is 12.5 Å². The Balaban J connectivity index is 3.31. The van der Waals surface area contributed by atoms with Crippen LogP contribution in [0.15, 0.2) is 12.1 Å². The molecule has 0 heterocycles. The van der Waals surface area contributed by atoms with Gasteiger partial charge in [0.25, 0.3) is 0 Å². The number of hydrogen-bond donors (Lipinski definition) is 1. The van der Waals surface area contributed by atoms with Gasteiger partial charge in [0.05, 0.1) is 38.4 Å². The first-order valence-electron chi connectivity index (χ1n) is 4.61. The van der Waals surface area contributed by atoms with E-state index in [1.54, 1.807) is 6.07 Å². The van der Waals surface area contributed by atoms with Crippen molar-refractivity contribution < 1.29 is 19.0 Å². The number of rotatable bonds is 4. The predicted octanol–water partition coefficient (Wildman–Crippen LogP) is 1.79. The summed E-state index contributed by atoms with van der Waals surface area (Å²) < 4.78 is 23.2. The van der Waals surface area contributed by atoms with Crippen molar-refractivity contribution in [1.82, 2.24) is 0 Å². The van der Waals surface area contributed by atoms with Gasteiger partial charge in [0.15, 0.2) is 11.6 Å². The van der Waals surface area contributed by atoms with Crippen molar-refractivity contribution in [1.29, 1.82) is 5.26 Å². The summed E-state index contributed by atoms with van der Waals surface area (Å²) in [4.78, 5) is 0. The van der Waals surface area contributed by atoms with Gasteiger partial charge >= 0.3 is 0 Å². The van der Waals surface area contributed by atoms with Gasteiger partial charge in [-0.2, -0.15) is 5.26 Å². The number of benzene rings is 1. The summed E-state index contributed by atoms with van der Waals surface area (Å²) in [6, 6.07) is 4.37. The Labute approximate surface area is 92.8 Å². The average Bonchev–Trinajstić information content (AvgIpc) is 2.28. The molecule has 4 nitrogen and oxygen atoms in total. The number of methoxy groups -OCH3 is 2. The smallest absolute Gasteiger partial charge is 0.165 e. The van der Waals surface area contributed by atoms with Crippen LogP contribution >= 0.6 is 0 Å².